The van der Waals surface area contributed by atoms with E-state index in [1.165, 1.54) is 0 Å². The summed E-state index contributed by atoms with van der Waals surface area (Å²) in [6.07, 6.45) is -3.85. The predicted octanol–water partition coefficient (Wildman–Crippen LogP) is 2.10. The van der Waals surface area contributed by atoms with Crippen LogP contribution in [0.1, 0.15) is 25.7 Å². The molecule has 0 spiro atoms. The second-order valence-electron chi connectivity index (χ2n) is 3.03. The van der Waals surface area contributed by atoms with Crippen molar-refractivity contribution < 1.29 is 18.3 Å². The average molecular weight is 168 g/mol. The summed E-state index contributed by atoms with van der Waals surface area (Å²) in [6, 6.07) is 0. The average Bonchev–Trinajstić information content (AvgIpc) is 2.34. The molecule has 4 heteroatoms. The molecule has 66 valence electrons. The molecule has 1 N–H and O–H groups in total. The Morgan fingerprint density at radius 2 is 1.64 bits per heavy atom. The highest BCUT2D eigenvalue weighted by molar-refractivity contribution is 4.79. The van der Waals surface area contributed by atoms with E-state index in [1.54, 1.807) is 0 Å². The standard InChI is InChI=1S/C7H11F3O/c8-7(9,10)6(11)5-3-1-2-4-5/h5-6,11H,1-4H2/t6-/m1/s1. The molecule has 1 saturated carbocycles. The van der Waals surface area contributed by atoms with E-state index in [-0.39, 0.29) is 0 Å². The van der Waals surface area contributed by atoms with Crippen LogP contribution in [0.15, 0.2) is 0 Å². The van der Waals surface area contributed by atoms with Gasteiger partial charge in [0.05, 0.1) is 0 Å². The minimum atomic E-state index is -4.42. The van der Waals surface area contributed by atoms with Crippen molar-refractivity contribution in [2.24, 2.45) is 5.92 Å². The van der Waals surface area contributed by atoms with Crippen LogP contribution in [-0.4, -0.2) is 17.4 Å². The zero-order valence-electron chi connectivity index (χ0n) is 6.06. The molecule has 1 aliphatic rings. The molecule has 0 aromatic rings. The smallest absolute Gasteiger partial charge is 0.383 e. The summed E-state index contributed by atoms with van der Waals surface area (Å²) >= 11 is 0. The molecule has 0 heterocycles. The van der Waals surface area contributed by atoms with Crippen molar-refractivity contribution >= 4 is 0 Å². The third-order valence-corrected chi connectivity index (χ3v) is 2.18. The fourth-order valence-electron chi connectivity index (χ4n) is 1.54. The number of aliphatic hydroxyl groups excluding tert-OH is 1. The van der Waals surface area contributed by atoms with Gasteiger partial charge >= 0.3 is 6.18 Å². The number of hydrogen-bond donors (Lipinski definition) is 1. The first-order valence-electron chi connectivity index (χ1n) is 3.76. The Bertz CT molecular complexity index is 126. The molecular formula is C7H11F3O. The summed E-state index contributed by atoms with van der Waals surface area (Å²) < 4.78 is 35.6. The molecule has 1 nitrogen and oxygen atoms in total. The molecule has 0 aromatic carbocycles. The topological polar surface area (TPSA) is 20.2 Å². The van der Waals surface area contributed by atoms with E-state index >= 15 is 0 Å². The summed E-state index contributed by atoms with van der Waals surface area (Å²) in [7, 11) is 0. The molecule has 1 aliphatic carbocycles. The minimum absolute atomic E-state index is 0.515. The van der Waals surface area contributed by atoms with Crippen LogP contribution in [-0.2, 0) is 0 Å². The van der Waals surface area contributed by atoms with Crippen LogP contribution in [0.25, 0.3) is 0 Å². The van der Waals surface area contributed by atoms with Crippen molar-refractivity contribution in [3.63, 3.8) is 0 Å². The molecule has 0 saturated heterocycles. The van der Waals surface area contributed by atoms with Gasteiger partial charge in [0, 0.05) is 0 Å². The van der Waals surface area contributed by atoms with E-state index in [2.05, 4.69) is 0 Å². The summed E-state index contributed by atoms with van der Waals surface area (Å²) in [5, 5.41) is 8.76. The van der Waals surface area contributed by atoms with Crippen LogP contribution in [0.5, 0.6) is 0 Å². The minimum Gasteiger partial charge on any atom is -0.383 e. The largest absolute Gasteiger partial charge is 0.414 e. The SMILES string of the molecule is O[C@H](C1CCCC1)C(F)(F)F. The van der Waals surface area contributed by atoms with E-state index in [4.69, 9.17) is 5.11 Å². The normalized spacial score (nSPS) is 24.0. The van der Waals surface area contributed by atoms with Crippen molar-refractivity contribution in [3.8, 4) is 0 Å². The van der Waals surface area contributed by atoms with Gasteiger partial charge in [-0.15, -0.1) is 0 Å². The first-order chi connectivity index (χ1) is 5.02. The highest BCUT2D eigenvalue weighted by Gasteiger charge is 2.43. The van der Waals surface area contributed by atoms with Gasteiger partial charge in [-0.2, -0.15) is 13.2 Å². The molecular weight excluding hydrogens is 157 g/mol. The van der Waals surface area contributed by atoms with E-state index in [1.807, 2.05) is 0 Å². The number of halogens is 3. The zero-order valence-corrected chi connectivity index (χ0v) is 6.06. The molecule has 11 heavy (non-hydrogen) atoms. The van der Waals surface area contributed by atoms with Gasteiger partial charge in [-0.25, -0.2) is 0 Å². The molecule has 0 radical (unpaired) electrons. The Balaban J connectivity index is 2.46. The number of alkyl halides is 3. The van der Waals surface area contributed by atoms with Crippen molar-refractivity contribution in [2.45, 2.75) is 38.0 Å². The Labute approximate surface area is 63.2 Å². The lowest BCUT2D eigenvalue weighted by molar-refractivity contribution is -0.218. The van der Waals surface area contributed by atoms with Gasteiger partial charge in [0.25, 0.3) is 0 Å². The Morgan fingerprint density at radius 3 is 2.00 bits per heavy atom. The maximum atomic E-state index is 11.9. The van der Waals surface area contributed by atoms with Gasteiger partial charge in [0.2, 0.25) is 0 Å². The molecule has 0 bridgehead atoms. The van der Waals surface area contributed by atoms with Crippen LogP contribution >= 0.6 is 0 Å². The molecule has 1 atom stereocenters. The molecule has 0 unspecified atom stereocenters. The highest BCUT2D eigenvalue weighted by atomic mass is 19.4. The van der Waals surface area contributed by atoms with E-state index in [0.717, 1.165) is 12.8 Å². The molecule has 0 aliphatic heterocycles. The van der Waals surface area contributed by atoms with Crippen molar-refractivity contribution in [1.29, 1.82) is 0 Å². The van der Waals surface area contributed by atoms with E-state index in [0.29, 0.717) is 12.8 Å². The lowest BCUT2D eigenvalue weighted by atomic mass is 10.0. The molecule has 1 rings (SSSR count). The van der Waals surface area contributed by atoms with Crippen LogP contribution in [0.2, 0.25) is 0 Å². The van der Waals surface area contributed by atoms with Crippen molar-refractivity contribution in [3.05, 3.63) is 0 Å². The Hall–Kier alpha value is -0.250. The monoisotopic (exact) mass is 168 g/mol. The summed E-state index contributed by atoms with van der Waals surface area (Å²) in [4.78, 5) is 0. The Kier molecular flexibility index (Phi) is 2.42. The van der Waals surface area contributed by atoms with Crippen LogP contribution in [0.4, 0.5) is 13.2 Å². The third-order valence-electron chi connectivity index (χ3n) is 2.18. The van der Waals surface area contributed by atoms with Gasteiger partial charge in [-0.1, -0.05) is 12.8 Å². The van der Waals surface area contributed by atoms with Crippen LogP contribution in [0.3, 0.4) is 0 Å². The van der Waals surface area contributed by atoms with E-state index in [9.17, 15) is 13.2 Å². The lowest BCUT2D eigenvalue weighted by Crippen LogP contribution is -2.34. The second kappa shape index (κ2) is 3.01. The van der Waals surface area contributed by atoms with E-state index < -0.39 is 18.2 Å². The number of aliphatic hydroxyl groups is 1. The zero-order chi connectivity index (χ0) is 8.48. The van der Waals surface area contributed by atoms with Crippen LogP contribution < -0.4 is 0 Å². The highest BCUT2D eigenvalue weighted by Crippen LogP contribution is 2.35. The Morgan fingerprint density at radius 1 is 1.18 bits per heavy atom. The van der Waals surface area contributed by atoms with Gasteiger partial charge in [0.15, 0.2) is 6.10 Å². The van der Waals surface area contributed by atoms with Gasteiger partial charge in [0.1, 0.15) is 0 Å². The molecule has 1 fully saturated rings. The molecule has 0 amide bonds. The summed E-state index contributed by atoms with van der Waals surface area (Å²) in [5.41, 5.74) is 0. The van der Waals surface area contributed by atoms with Crippen molar-refractivity contribution in [2.75, 3.05) is 0 Å². The maximum absolute atomic E-state index is 11.9. The maximum Gasteiger partial charge on any atom is 0.414 e. The first kappa shape index (κ1) is 8.84. The van der Waals surface area contributed by atoms with Gasteiger partial charge in [-0.3, -0.25) is 0 Å². The molecule has 0 aromatic heterocycles. The summed E-state index contributed by atoms with van der Waals surface area (Å²) in [5.74, 6) is -0.546. The number of hydrogen-bond acceptors (Lipinski definition) is 1. The third kappa shape index (κ3) is 2.09. The first-order valence-corrected chi connectivity index (χ1v) is 3.76. The quantitative estimate of drug-likeness (QED) is 0.635. The fraction of sp³-hybridized carbons (Fsp3) is 1.00. The fourth-order valence-corrected chi connectivity index (χ4v) is 1.54. The predicted molar refractivity (Wildman–Crippen MR) is 34.0 cm³/mol. The second-order valence-corrected chi connectivity index (χ2v) is 3.03. The van der Waals surface area contributed by atoms with Gasteiger partial charge < -0.3 is 5.11 Å². The lowest BCUT2D eigenvalue weighted by Gasteiger charge is -2.19. The van der Waals surface area contributed by atoms with Gasteiger partial charge in [-0.05, 0) is 18.8 Å². The number of rotatable bonds is 1. The van der Waals surface area contributed by atoms with Crippen LogP contribution in [0, 0.1) is 5.92 Å². The summed E-state index contributed by atoms with van der Waals surface area (Å²) in [6.45, 7) is 0. The van der Waals surface area contributed by atoms with Crippen molar-refractivity contribution in [1.82, 2.24) is 0 Å².